The summed E-state index contributed by atoms with van der Waals surface area (Å²) < 4.78 is 2.73. The van der Waals surface area contributed by atoms with E-state index in [9.17, 15) is 0 Å². The molecule has 1 heterocycles. The molecule has 0 spiro atoms. The third-order valence-electron chi connectivity index (χ3n) is 11.2. The van der Waals surface area contributed by atoms with E-state index in [4.69, 9.17) is 0 Å². The molecule has 0 fully saturated rings. The fraction of sp³-hybridized carbons (Fsp3) is 0.0638. The maximum atomic E-state index is 2.54. The smallest absolute Gasteiger partial charge is 0.0440 e. The number of hydrogen-bond donors (Lipinski definition) is 0. The minimum atomic E-state index is -0.0869. The van der Waals surface area contributed by atoms with Crippen LogP contribution in [0.3, 0.4) is 0 Å². The Morgan fingerprint density at radius 3 is 1.90 bits per heavy atom. The molecule has 0 nitrogen and oxygen atoms in total. The van der Waals surface area contributed by atoms with Crippen LogP contribution in [-0.4, -0.2) is 0 Å². The van der Waals surface area contributed by atoms with Crippen LogP contribution < -0.4 is 0 Å². The molecule has 1 heteroatoms. The van der Waals surface area contributed by atoms with E-state index in [1.54, 1.807) is 0 Å². The predicted octanol–water partition coefficient (Wildman–Crippen LogP) is 13.7. The largest absolute Gasteiger partial charge is 0.135 e. The highest BCUT2D eigenvalue weighted by molar-refractivity contribution is 7.26. The molecule has 0 atom stereocenters. The second kappa shape index (κ2) is 9.31. The number of thiophene rings is 1. The molecule has 0 saturated carbocycles. The van der Waals surface area contributed by atoms with Gasteiger partial charge in [-0.3, -0.25) is 0 Å². The highest BCUT2D eigenvalue weighted by atomic mass is 32.1. The molecule has 10 aromatic rings. The van der Waals surface area contributed by atoms with Crippen LogP contribution in [-0.2, 0) is 5.41 Å². The summed E-state index contributed by atoms with van der Waals surface area (Å²) in [5.41, 5.74) is 10.8. The lowest BCUT2D eigenvalue weighted by atomic mass is 9.80. The molecule has 0 amide bonds. The van der Waals surface area contributed by atoms with E-state index in [1.165, 1.54) is 108 Å². The maximum absolute atomic E-state index is 2.54. The summed E-state index contributed by atoms with van der Waals surface area (Å²) in [4.78, 5) is 0. The van der Waals surface area contributed by atoms with Gasteiger partial charge in [0.15, 0.2) is 0 Å². The van der Waals surface area contributed by atoms with Crippen molar-refractivity contribution < 1.29 is 0 Å². The molecular formula is C47H30S. The van der Waals surface area contributed by atoms with E-state index in [1.807, 2.05) is 11.3 Å². The third-order valence-corrected chi connectivity index (χ3v) is 12.4. The van der Waals surface area contributed by atoms with Gasteiger partial charge in [-0.1, -0.05) is 141 Å². The van der Waals surface area contributed by atoms with Crippen LogP contribution in [0.2, 0.25) is 0 Å². The van der Waals surface area contributed by atoms with Crippen molar-refractivity contribution >= 4 is 74.6 Å². The van der Waals surface area contributed by atoms with Gasteiger partial charge < -0.3 is 0 Å². The Bertz CT molecular complexity index is 2970. The topological polar surface area (TPSA) is 0 Å². The molecule has 48 heavy (non-hydrogen) atoms. The van der Waals surface area contributed by atoms with Gasteiger partial charge in [-0.2, -0.15) is 0 Å². The van der Waals surface area contributed by atoms with E-state index in [2.05, 4.69) is 159 Å². The van der Waals surface area contributed by atoms with Gasteiger partial charge in [0.2, 0.25) is 0 Å². The van der Waals surface area contributed by atoms with Gasteiger partial charge in [-0.15, -0.1) is 11.3 Å². The molecule has 0 saturated heterocycles. The number of hydrogen-bond acceptors (Lipinski definition) is 1. The second-order valence-electron chi connectivity index (χ2n) is 14.0. The van der Waals surface area contributed by atoms with Crippen LogP contribution in [0.4, 0.5) is 0 Å². The van der Waals surface area contributed by atoms with Gasteiger partial charge in [-0.25, -0.2) is 0 Å². The van der Waals surface area contributed by atoms with Crippen LogP contribution in [0.5, 0.6) is 0 Å². The average Bonchev–Trinajstić information content (AvgIpc) is 3.62. The Morgan fingerprint density at radius 1 is 0.417 bits per heavy atom. The van der Waals surface area contributed by atoms with Crippen LogP contribution in [0, 0.1) is 0 Å². The zero-order chi connectivity index (χ0) is 31.7. The summed E-state index contributed by atoms with van der Waals surface area (Å²) in [5.74, 6) is 0. The van der Waals surface area contributed by atoms with Crippen LogP contribution >= 0.6 is 11.3 Å². The first-order valence-electron chi connectivity index (χ1n) is 16.8. The lowest BCUT2D eigenvalue weighted by molar-refractivity contribution is 0.661. The summed E-state index contributed by atoms with van der Waals surface area (Å²) in [6, 6.07) is 54.9. The lowest BCUT2D eigenvalue weighted by Gasteiger charge is -2.23. The summed E-state index contributed by atoms with van der Waals surface area (Å²) in [6.07, 6.45) is 0. The fourth-order valence-electron chi connectivity index (χ4n) is 8.91. The first-order chi connectivity index (χ1) is 23.6. The van der Waals surface area contributed by atoms with E-state index in [0.29, 0.717) is 0 Å². The van der Waals surface area contributed by atoms with Crippen LogP contribution in [0.1, 0.15) is 25.0 Å². The normalized spacial score (nSPS) is 13.8. The van der Waals surface area contributed by atoms with Crippen molar-refractivity contribution in [2.75, 3.05) is 0 Å². The molecule has 9 aromatic carbocycles. The molecule has 0 aliphatic heterocycles. The molecule has 0 radical (unpaired) electrons. The fourth-order valence-corrected chi connectivity index (χ4v) is 10.1. The summed E-state index contributed by atoms with van der Waals surface area (Å²) in [5, 5.41) is 13.3. The Kier molecular flexibility index (Phi) is 5.15. The van der Waals surface area contributed by atoms with Crippen LogP contribution in [0.15, 0.2) is 146 Å². The highest BCUT2D eigenvalue weighted by Crippen LogP contribution is 2.56. The van der Waals surface area contributed by atoms with Crippen molar-refractivity contribution in [3.8, 4) is 33.4 Å². The molecule has 0 unspecified atom stereocenters. The zero-order valence-electron chi connectivity index (χ0n) is 26.8. The van der Waals surface area contributed by atoms with E-state index >= 15 is 0 Å². The minimum absolute atomic E-state index is 0.0869. The Hall–Kier alpha value is -5.50. The number of rotatable bonds is 2. The molecule has 0 bridgehead atoms. The number of benzene rings is 9. The molecule has 1 aromatic heterocycles. The Labute approximate surface area is 282 Å². The number of fused-ring (bicyclic) bond motifs is 8. The van der Waals surface area contributed by atoms with E-state index in [-0.39, 0.29) is 5.41 Å². The quantitative estimate of drug-likeness (QED) is 0.168. The monoisotopic (exact) mass is 626 g/mol. The average molecular weight is 627 g/mol. The summed E-state index contributed by atoms with van der Waals surface area (Å²) >= 11 is 1.94. The molecule has 1 aliphatic carbocycles. The van der Waals surface area contributed by atoms with E-state index < -0.39 is 0 Å². The second-order valence-corrected chi connectivity index (χ2v) is 15.1. The van der Waals surface area contributed by atoms with Crippen molar-refractivity contribution in [3.05, 3.63) is 157 Å². The minimum Gasteiger partial charge on any atom is -0.135 e. The van der Waals surface area contributed by atoms with Gasteiger partial charge in [0.05, 0.1) is 0 Å². The molecule has 11 rings (SSSR count). The van der Waals surface area contributed by atoms with E-state index in [0.717, 1.165) is 0 Å². The van der Waals surface area contributed by atoms with Gasteiger partial charge in [0.25, 0.3) is 0 Å². The third kappa shape index (κ3) is 3.39. The molecule has 0 N–H and O–H groups in total. The summed E-state index contributed by atoms with van der Waals surface area (Å²) in [7, 11) is 0. The highest BCUT2D eigenvalue weighted by Gasteiger charge is 2.38. The maximum Gasteiger partial charge on any atom is 0.0440 e. The van der Waals surface area contributed by atoms with Gasteiger partial charge >= 0.3 is 0 Å². The van der Waals surface area contributed by atoms with Crippen molar-refractivity contribution in [2.24, 2.45) is 0 Å². The lowest BCUT2D eigenvalue weighted by Crippen LogP contribution is -2.15. The van der Waals surface area contributed by atoms with Crippen molar-refractivity contribution in [2.45, 2.75) is 19.3 Å². The van der Waals surface area contributed by atoms with Gasteiger partial charge in [0.1, 0.15) is 0 Å². The van der Waals surface area contributed by atoms with Crippen molar-refractivity contribution in [1.82, 2.24) is 0 Å². The molecular weight excluding hydrogens is 597 g/mol. The standard InChI is InChI=1S/C47H30S/c1-47(2)39-13-7-5-11-36(39)44-40(47)26-38(46-45(44)37-12-6-8-14-41(37)48-46)33-22-18-29-19-23-34-32(21-17-28-20-24-35(33)43(29)42(28)34)31-16-15-27-9-3-4-10-30(27)25-31/h3-26H,1-2H3. The Balaban J connectivity index is 1.24. The summed E-state index contributed by atoms with van der Waals surface area (Å²) in [6.45, 7) is 4.81. The molecule has 1 aliphatic rings. The van der Waals surface area contributed by atoms with Crippen molar-refractivity contribution in [1.29, 1.82) is 0 Å². The molecule has 224 valence electrons. The SMILES string of the molecule is CC1(C)c2ccccc2-c2c1cc(-c1ccc3ccc4c(-c5ccc6ccccc6c5)ccc5ccc1c3c54)c1sc3ccccc3c21. The first-order valence-corrected chi connectivity index (χ1v) is 17.7. The van der Waals surface area contributed by atoms with Gasteiger partial charge in [0, 0.05) is 31.2 Å². The van der Waals surface area contributed by atoms with Crippen LogP contribution in [0.25, 0.3) is 96.6 Å². The first kappa shape index (κ1) is 26.6. The van der Waals surface area contributed by atoms with Crippen molar-refractivity contribution in [3.63, 3.8) is 0 Å². The zero-order valence-corrected chi connectivity index (χ0v) is 27.6. The predicted molar refractivity (Wildman–Crippen MR) is 209 cm³/mol. The Morgan fingerprint density at radius 2 is 1.06 bits per heavy atom. The van der Waals surface area contributed by atoms with Gasteiger partial charge in [-0.05, 0) is 100 Å².